The van der Waals surface area contributed by atoms with Gasteiger partial charge in [-0.1, -0.05) is 58.2 Å². The Morgan fingerprint density at radius 1 is 1.07 bits per heavy atom. The summed E-state index contributed by atoms with van der Waals surface area (Å²) >= 11 is 25.4. The number of hydrogen-bond donors (Lipinski definition) is 2. The Hall–Kier alpha value is -1.64. The zero-order valence-corrected chi connectivity index (χ0v) is 18.1. The first kappa shape index (κ1) is 21.1. The third kappa shape index (κ3) is 4.67. The van der Waals surface area contributed by atoms with Crippen LogP contribution >= 0.6 is 58.2 Å². The molecule has 2 aromatic carbocycles. The maximum Gasteiger partial charge on any atom is 0.237 e. The first-order chi connectivity index (χ1) is 13.3. The van der Waals surface area contributed by atoms with E-state index in [1.54, 1.807) is 43.3 Å². The standard InChI is InChI=1S/C17H13Cl4N5OS/c1-8(16(27)23-14-7-10(19)3-5-13(14)21)28-17-25-24-15(26(17)22)11-6-9(18)2-4-12(11)20/h2-8H,22H2,1H3,(H,23,27). The summed E-state index contributed by atoms with van der Waals surface area (Å²) in [5.74, 6) is 6.14. The van der Waals surface area contributed by atoms with Gasteiger partial charge in [0, 0.05) is 15.6 Å². The SMILES string of the molecule is CC(Sc1nnc(-c2cc(Cl)ccc2Cl)n1N)C(=O)Nc1cc(Cl)ccc1Cl. The Balaban J connectivity index is 1.77. The minimum Gasteiger partial charge on any atom is -0.335 e. The van der Waals surface area contributed by atoms with Gasteiger partial charge in [0.25, 0.3) is 0 Å². The Labute approximate surface area is 185 Å². The van der Waals surface area contributed by atoms with Crippen LogP contribution in [0, 0.1) is 0 Å². The molecule has 0 bridgehead atoms. The van der Waals surface area contributed by atoms with Gasteiger partial charge in [-0.05, 0) is 43.3 Å². The van der Waals surface area contributed by atoms with Gasteiger partial charge >= 0.3 is 0 Å². The van der Waals surface area contributed by atoms with Crippen molar-refractivity contribution in [2.45, 2.75) is 17.3 Å². The Kier molecular flexibility index (Phi) is 6.62. The normalized spacial score (nSPS) is 12.0. The van der Waals surface area contributed by atoms with Gasteiger partial charge in [-0.15, -0.1) is 10.2 Å². The highest BCUT2D eigenvalue weighted by molar-refractivity contribution is 8.00. The van der Waals surface area contributed by atoms with Crippen LogP contribution in [-0.2, 0) is 4.79 Å². The number of aromatic nitrogens is 3. The molecule has 1 heterocycles. The molecule has 146 valence electrons. The van der Waals surface area contributed by atoms with E-state index in [2.05, 4.69) is 15.5 Å². The molecule has 0 saturated carbocycles. The summed E-state index contributed by atoms with van der Waals surface area (Å²) in [5, 5.41) is 12.4. The average Bonchev–Trinajstić information content (AvgIpc) is 3.00. The predicted molar refractivity (Wildman–Crippen MR) is 116 cm³/mol. The summed E-state index contributed by atoms with van der Waals surface area (Å²) in [6, 6.07) is 9.76. The largest absolute Gasteiger partial charge is 0.335 e. The van der Waals surface area contributed by atoms with Crippen LogP contribution in [0.1, 0.15) is 6.92 Å². The summed E-state index contributed by atoms with van der Waals surface area (Å²) in [4.78, 5) is 12.5. The molecule has 0 aliphatic carbocycles. The molecule has 11 heteroatoms. The number of carbonyl (C=O) groups is 1. The van der Waals surface area contributed by atoms with Gasteiger partial charge in [-0.2, -0.15) is 0 Å². The van der Waals surface area contributed by atoms with Gasteiger partial charge in [-0.3, -0.25) is 4.79 Å². The number of benzene rings is 2. The molecule has 1 unspecified atom stereocenters. The zero-order valence-electron chi connectivity index (χ0n) is 14.3. The van der Waals surface area contributed by atoms with Crippen LogP contribution in [0.5, 0.6) is 0 Å². The van der Waals surface area contributed by atoms with Crippen LogP contribution in [0.4, 0.5) is 5.69 Å². The zero-order chi connectivity index (χ0) is 20.4. The fourth-order valence-corrected chi connectivity index (χ4v) is 3.73. The lowest BCUT2D eigenvalue weighted by atomic mass is 10.2. The van der Waals surface area contributed by atoms with Crippen LogP contribution in [-0.4, -0.2) is 26.0 Å². The molecule has 3 N–H and O–H groups in total. The lowest BCUT2D eigenvalue weighted by Crippen LogP contribution is -2.23. The van der Waals surface area contributed by atoms with Crippen LogP contribution in [0.25, 0.3) is 11.4 Å². The van der Waals surface area contributed by atoms with Crippen LogP contribution in [0.2, 0.25) is 20.1 Å². The van der Waals surface area contributed by atoms with Crippen molar-refractivity contribution >= 4 is 69.8 Å². The second-order valence-electron chi connectivity index (χ2n) is 5.67. The number of carbonyl (C=O) groups excluding carboxylic acids is 1. The van der Waals surface area contributed by atoms with E-state index in [4.69, 9.17) is 52.2 Å². The molecule has 0 radical (unpaired) electrons. The molecule has 28 heavy (non-hydrogen) atoms. The van der Waals surface area contributed by atoms with Crippen molar-refractivity contribution in [1.82, 2.24) is 14.9 Å². The molecule has 3 rings (SSSR count). The van der Waals surface area contributed by atoms with E-state index < -0.39 is 5.25 Å². The minimum atomic E-state index is -0.538. The van der Waals surface area contributed by atoms with Crippen LogP contribution in [0.15, 0.2) is 41.6 Å². The number of thioether (sulfide) groups is 1. The van der Waals surface area contributed by atoms with Crippen molar-refractivity contribution in [3.05, 3.63) is 56.5 Å². The van der Waals surface area contributed by atoms with E-state index in [0.717, 1.165) is 11.8 Å². The van der Waals surface area contributed by atoms with Crippen LogP contribution < -0.4 is 11.2 Å². The Morgan fingerprint density at radius 2 is 1.71 bits per heavy atom. The number of nitrogens with two attached hydrogens (primary N) is 1. The summed E-state index contributed by atoms with van der Waals surface area (Å²) in [6.07, 6.45) is 0. The molecule has 0 saturated heterocycles. The Bertz CT molecular complexity index is 1040. The Morgan fingerprint density at radius 3 is 2.43 bits per heavy atom. The number of nitrogens with zero attached hydrogens (tertiary/aromatic N) is 3. The monoisotopic (exact) mass is 475 g/mol. The van der Waals surface area contributed by atoms with Gasteiger partial charge < -0.3 is 11.2 Å². The van der Waals surface area contributed by atoms with E-state index >= 15 is 0 Å². The molecule has 0 aliphatic rings. The minimum absolute atomic E-state index is 0.292. The third-order valence-corrected chi connectivity index (χ3v) is 5.86. The molecule has 6 nitrogen and oxygen atoms in total. The van der Waals surface area contributed by atoms with E-state index in [1.165, 1.54) is 4.68 Å². The van der Waals surface area contributed by atoms with Crippen LogP contribution in [0.3, 0.4) is 0 Å². The number of nitrogen functional groups attached to an aromatic ring is 1. The summed E-state index contributed by atoms with van der Waals surface area (Å²) in [7, 11) is 0. The fraction of sp³-hybridized carbons (Fsp3) is 0.118. The van der Waals surface area contributed by atoms with Gasteiger partial charge in [0.15, 0.2) is 5.82 Å². The second kappa shape index (κ2) is 8.80. The molecule has 1 aromatic heterocycles. The molecular weight excluding hydrogens is 464 g/mol. The van der Waals surface area contributed by atoms with E-state index in [9.17, 15) is 4.79 Å². The summed E-state index contributed by atoms with van der Waals surface area (Å²) < 4.78 is 1.26. The number of anilines is 1. The highest BCUT2D eigenvalue weighted by atomic mass is 35.5. The summed E-state index contributed by atoms with van der Waals surface area (Å²) in [5.41, 5.74) is 0.964. The molecule has 0 spiro atoms. The topological polar surface area (TPSA) is 85.8 Å². The average molecular weight is 477 g/mol. The van der Waals surface area contributed by atoms with Gasteiger partial charge in [0.1, 0.15) is 0 Å². The van der Waals surface area contributed by atoms with E-state index in [1.807, 2.05) is 0 Å². The van der Waals surface area contributed by atoms with E-state index in [0.29, 0.717) is 42.3 Å². The maximum atomic E-state index is 12.5. The predicted octanol–water partition coefficient (Wildman–Crippen LogP) is 5.39. The maximum absolute atomic E-state index is 12.5. The molecule has 0 aliphatic heterocycles. The highest BCUT2D eigenvalue weighted by Crippen LogP contribution is 2.32. The lowest BCUT2D eigenvalue weighted by Gasteiger charge is -2.13. The van der Waals surface area contributed by atoms with Crippen molar-refractivity contribution in [1.29, 1.82) is 0 Å². The molecular formula is C17H13Cl4N5OS. The number of hydrogen-bond acceptors (Lipinski definition) is 5. The van der Waals surface area contributed by atoms with Crippen molar-refractivity contribution < 1.29 is 4.79 Å². The van der Waals surface area contributed by atoms with E-state index in [-0.39, 0.29) is 5.91 Å². The van der Waals surface area contributed by atoms with Gasteiger partial charge in [0.05, 0.1) is 21.0 Å². The van der Waals surface area contributed by atoms with Gasteiger partial charge in [-0.25, -0.2) is 4.68 Å². The first-order valence-corrected chi connectivity index (χ1v) is 10.2. The molecule has 3 aromatic rings. The van der Waals surface area contributed by atoms with Crippen molar-refractivity contribution in [2.24, 2.45) is 0 Å². The molecule has 1 atom stereocenters. The molecule has 0 fully saturated rings. The molecule has 1 amide bonds. The number of rotatable bonds is 5. The number of halogens is 4. The number of amides is 1. The first-order valence-electron chi connectivity index (χ1n) is 7.84. The third-order valence-electron chi connectivity index (χ3n) is 3.67. The van der Waals surface area contributed by atoms with Crippen molar-refractivity contribution in [2.75, 3.05) is 11.2 Å². The van der Waals surface area contributed by atoms with Gasteiger partial charge in [0.2, 0.25) is 11.1 Å². The van der Waals surface area contributed by atoms with Crippen molar-refractivity contribution in [3.63, 3.8) is 0 Å². The number of nitrogens with one attached hydrogen (secondary N) is 1. The summed E-state index contributed by atoms with van der Waals surface area (Å²) in [6.45, 7) is 1.71. The highest BCUT2D eigenvalue weighted by Gasteiger charge is 2.21. The second-order valence-corrected chi connectivity index (χ2v) is 8.67. The van der Waals surface area contributed by atoms with Crippen molar-refractivity contribution in [3.8, 4) is 11.4 Å². The smallest absolute Gasteiger partial charge is 0.237 e. The lowest BCUT2D eigenvalue weighted by molar-refractivity contribution is -0.115. The quantitative estimate of drug-likeness (QED) is 0.380. The fourth-order valence-electron chi connectivity index (χ4n) is 2.25.